The number of nitrogens with one attached hydrogen (secondary N) is 1. The number of benzene rings is 2. The molecule has 0 radical (unpaired) electrons. The van der Waals surface area contributed by atoms with E-state index in [0.717, 1.165) is 50.0 Å². The number of hydrogen-bond acceptors (Lipinski definition) is 4. The zero-order chi connectivity index (χ0) is 23.3. The number of rotatable bonds is 5. The van der Waals surface area contributed by atoms with Gasteiger partial charge in [0, 0.05) is 48.6 Å². The van der Waals surface area contributed by atoms with Crippen molar-refractivity contribution < 1.29 is 14.6 Å². The zero-order valence-corrected chi connectivity index (χ0v) is 20.0. The minimum atomic E-state index is -0.664. The lowest BCUT2D eigenvalue weighted by Crippen LogP contribution is -2.79. The summed E-state index contributed by atoms with van der Waals surface area (Å²) >= 11 is 0. The maximum absolute atomic E-state index is 11.0. The Kier molecular flexibility index (Phi) is 4.04. The lowest BCUT2D eigenvalue weighted by molar-refractivity contribution is -0.224. The van der Waals surface area contributed by atoms with Gasteiger partial charge >= 0.3 is 0 Å². The summed E-state index contributed by atoms with van der Waals surface area (Å²) < 4.78 is 14.1. The molecule has 0 amide bonds. The van der Waals surface area contributed by atoms with Gasteiger partial charge in [-0.15, -0.1) is 6.58 Å². The normalized spacial score (nSPS) is 32.8. The van der Waals surface area contributed by atoms with Crippen molar-refractivity contribution in [3.05, 3.63) is 71.4 Å². The first-order valence-electron chi connectivity index (χ1n) is 12.6. The summed E-state index contributed by atoms with van der Waals surface area (Å²) in [6.45, 7) is 11.0. The molecular formula is C29H32N2O3. The van der Waals surface area contributed by atoms with Crippen LogP contribution in [0.2, 0.25) is 0 Å². The van der Waals surface area contributed by atoms with Gasteiger partial charge in [0.2, 0.25) is 0 Å². The average molecular weight is 457 g/mol. The molecule has 0 saturated carbocycles. The Morgan fingerprint density at radius 3 is 2.97 bits per heavy atom. The molecule has 2 aliphatic heterocycles. The summed E-state index contributed by atoms with van der Waals surface area (Å²) in [5, 5.41) is 12.3. The quantitative estimate of drug-likeness (QED) is 0.533. The third-order valence-corrected chi connectivity index (χ3v) is 9.32. The molecule has 3 aromatic rings. The highest BCUT2D eigenvalue weighted by molar-refractivity contribution is 5.86. The van der Waals surface area contributed by atoms with Crippen molar-refractivity contribution >= 4 is 10.9 Å². The van der Waals surface area contributed by atoms with E-state index in [1.165, 1.54) is 22.1 Å². The first-order valence-corrected chi connectivity index (χ1v) is 12.6. The highest BCUT2D eigenvalue weighted by Gasteiger charge is 2.78. The molecule has 176 valence electrons. The molecule has 4 atom stereocenters. The second kappa shape index (κ2) is 6.67. The number of likely N-dealkylation sites (tertiary alicyclic amines) is 1. The Morgan fingerprint density at radius 1 is 1.29 bits per heavy atom. The third kappa shape index (κ3) is 2.11. The van der Waals surface area contributed by atoms with Gasteiger partial charge in [-0.25, -0.2) is 0 Å². The van der Waals surface area contributed by atoms with Gasteiger partial charge < -0.3 is 19.6 Å². The molecule has 7 rings (SSSR count). The second-order valence-electron chi connectivity index (χ2n) is 10.7. The number of piperidine rings is 1. The van der Waals surface area contributed by atoms with Gasteiger partial charge in [0.1, 0.15) is 5.60 Å². The van der Waals surface area contributed by atoms with Crippen molar-refractivity contribution in [2.75, 3.05) is 19.7 Å². The highest BCUT2D eigenvalue weighted by Crippen LogP contribution is 2.72. The Balaban J connectivity index is 1.61. The molecule has 5 nitrogen and oxygen atoms in total. The summed E-state index contributed by atoms with van der Waals surface area (Å²) in [5.41, 5.74) is 4.54. The first kappa shape index (κ1) is 20.6. The van der Waals surface area contributed by atoms with E-state index in [1.54, 1.807) is 0 Å². The topological polar surface area (TPSA) is 57.7 Å². The molecule has 2 N–H and O–H groups in total. The maximum atomic E-state index is 11.0. The van der Waals surface area contributed by atoms with E-state index in [1.807, 2.05) is 12.1 Å². The van der Waals surface area contributed by atoms with Crippen molar-refractivity contribution in [3.63, 3.8) is 0 Å². The van der Waals surface area contributed by atoms with Crippen LogP contribution in [-0.4, -0.2) is 46.3 Å². The number of phenols is 1. The fourth-order valence-corrected chi connectivity index (χ4v) is 8.15. The molecule has 2 aromatic carbocycles. The van der Waals surface area contributed by atoms with Crippen LogP contribution in [0.4, 0.5) is 0 Å². The monoisotopic (exact) mass is 456 g/mol. The van der Waals surface area contributed by atoms with E-state index in [2.05, 4.69) is 60.6 Å². The van der Waals surface area contributed by atoms with Gasteiger partial charge in [-0.1, -0.05) is 37.3 Å². The number of nitrogens with zero attached hydrogens (tertiary/aromatic N) is 1. The van der Waals surface area contributed by atoms with Crippen molar-refractivity contribution in [3.8, 4) is 11.5 Å². The fourth-order valence-electron chi connectivity index (χ4n) is 8.15. The SMILES string of the molecule is C=CCN1CC[C@]23c4c5ccc(O)c4O[C@@]2(C)c2[nH]c4ccccc4c2C[C@@]3(OCCC)[C@@H]1C5. The smallest absolute Gasteiger partial charge is 0.166 e. The van der Waals surface area contributed by atoms with E-state index in [0.29, 0.717) is 12.4 Å². The zero-order valence-electron chi connectivity index (χ0n) is 20.0. The van der Waals surface area contributed by atoms with Crippen LogP contribution < -0.4 is 4.74 Å². The van der Waals surface area contributed by atoms with Crippen molar-refractivity contribution in [1.29, 1.82) is 0 Å². The van der Waals surface area contributed by atoms with E-state index in [9.17, 15) is 5.11 Å². The number of aromatic hydroxyl groups is 1. The third-order valence-electron chi connectivity index (χ3n) is 9.32. The molecule has 2 bridgehead atoms. The first-order chi connectivity index (χ1) is 16.5. The molecule has 2 aliphatic carbocycles. The Bertz CT molecular complexity index is 1340. The summed E-state index contributed by atoms with van der Waals surface area (Å²) in [6.07, 6.45) is 5.62. The van der Waals surface area contributed by atoms with Gasteiger partial charge in [0.05, 0.1) is 11.1 Å². The molecule has 1 spiro atoms. The molecule has 1 saturated heterocycles. The minimum Gasteiger partial charge on any atom is -0.504 e. The maximum Gasteiger partial charge on any atom is 0.166 e. The van der Waals surface area contributed by atoms with Crippen LogP contribution in [0.15, 0.2) is 49.1 Å². The van der Waals surface area contributed by atoms with Crippen LogP contribution in [0.5, 0.6) is 11.5 Å². The van der Waals surface area contributed by atoms with E-state index in [4.69, 9.17) is 9.47 Å². The standard InChI is InChI=1S/C29H32N2O3/c1-4-13-31-14-12-28-24-18-10-11-22(32)25(24)34-27(28,3)26-20(19-8-6-7-9-21(19)30-26)17-29(28,23(31)16-18)33-15-5-2/h4,6-11,23,30,32H,1,5,12-17H2,2-3H3/t23-,27-,28-,29+/m0/s1. The average Bonchev–Trinajstić information content (AvgIpc) is 3.34. The lowest BCUT2D eigenvalue weighted by atomic mass is 9.45. The second-order valence-corrected chi connectivity index (χ2v) is 10.7. The Morgan fingerprint density at radius 2 is 2.15 bits per heavy atom. The number of hydrogen-bond donors (Lipinski definition) is 2. The van der Waals surface area contributed by atoms with E-state index in [-0.39, 0.29) is 17.2 Å². The van der Waals surface area contributed by atoms with Crippen molar-refractivity contribution in [2.24, 2.45) is 0 Å². The molecule has 3 heterocycles. The summed E-state index contributed by atoms with van der Waals surface area (Å²) in [7, 11) is 0. The van der Waals surface area contributed by atoms with Gasteiger partial charge in [-0.3, -0.25) is 4.90 Å². The number of aromatic amines is 1. The highest BCUT2D eigenvalue weighted by atomic mass is 16.5. The molecule has 1 fully saturated rings. The van der Waals surface area contributed by atoms with Gasteiger partial charge in [-0.2, -0.15) is 0 Å². The molecule has 0 unspecified atom stereocenters. The molecule has 34 heavy (non-hydrogen) atoms. The lowest BCUT2D eigenvalue weighted by Gasteiger charge is -2.67. The summed E-state index contributed by atoms with van der Waals surface area (Å²) in [4.78, 5) is 6.33. The molecular weight excluding hydrogens is 424 g/mol. The van der Waals surface area contributed by atoms with Gasteiger partial charge in [0.15, 0.2) is 17.1 Å². The number of phenolic OH excluding ortho intramolecular Hbond substituents is 1. The van der Waals surface area contributed by atoms with Crippen molar-refractivity contribution in [1.82, 2.24) is 9.88 Å². The van der Waals surface area contributed by atoms with Crippen LogP contribution >= 0.6 is 0 Å². The minimum absolute atomic E-state index is 0.207. The summed E-state index contributed by atoms with van der Waals surface area (Å²) in [5.74, 6) is 0.893. The molecule has 1 aromatic heterocycles. The van der Waals surface area contributed by atoms with Crippen LogP contribution in [0.25, 0.3) is 10.9 Å². The van der Waals surface area contributed by atoms with Gasteiger partial charge in [-0.05, 0) is 49.4 Å². The van der Waals surface area contributed by atoms with E-state index < -0.39 is 11.2 Å². The molecule has 4 aliphatic rings. The number of fused-ring (bicyclic) bond motifs is 4. The van der Waals surface area contributed by atoms with Gasteiger partial charge in [0.25, 0.3) is 0 Å². The Hall–Kier alpha value is -2.76. The fraction of sp³-hybridized carbons (Fsp3) is 0.448. The van der Waals surface area contributed by atoms with Crippen LogP contribution in [0.1, 0.15) is 49.1 Å². The molecule has 5 heteroatoms. The predicted octanol–water partition coefficient (Wildman–Crippen LogP) is 4.96. The largest absolute Gasteiger partial charge is 0.504 e. The van der Waals surface area contributed by atoms with E-state index >= 15 is 0 Å². The van der Waals surface area contributed by atoms with Crippen molar-refractivity contribution in [2.45, 2.75) is 62.2 Å². The van der Waals surface area contributed by atoms with Crippen LogP contribution in [-0.2, 0) is 28.6 Å². The van der Waals surface area contributed by atoms with Crippen LogP contribution in [0, 0.1) is 0 Å². The predicted molar refractivity (Wildman–Crippen MR) is 133 cm³/mol. The summed E-state index contributed by atoms with van der Waals surface area (Å²) in [6, 6.07) is 12.7. The number of ether oxygens (including phenoxy) is 2. The number of H-pyrrole nitrogens is 1. The number of aromatic nitrogens is 1. The van der Waals surface area contributed by atoms with Crippen LogP contribution in [0.3, 0.4) is 0 Å². The Labute approximate surface area is 200 Å². The number of para-hydroxylation sites is 1.